The van der Waals surface area contributed by atoms with Crippen LogP contribution in [0.4, 0.5) is 0 Å². The summed E-state index contributed by atoms with van der Waals surface area (Å²) < 4.78 is 10.4. The molecule has 0 aliphatic carbocycles. The highest BCUT2D eigenvalue weighted by Crippen LogP contribution is 2.41. The third kappa shape index (κ3) is 3.74. The number of nitrogens with one attached hydrogen (secondary N) is 1. The van der Waals surface area contributed by atoms with Crippen LogP contribution in [0.3, 0.4) is 0 Å². The van der Waals surface area contributed by atoms with E-state index in [9.17, 15) is 14.7 Å². The molecule has 2 rings (SSSR count). The number of hydrogen-bond donors (Lipinski definition) is 2. The first-order valence-electron chi connectivity index (χ1n) is 8.75. The fourth-order valence-electron chi connectivity index (χ4n) is 2.97. The molecule has 26 heavy (non-hydrogen) atoms. The summed E-state index contributed by atoms with van der Waals surface area (Å²) in [6, 6.07) is 5.51. The first kappa shape index (κ1) is 19.6. The maximum absolute atomic E-state index is 12.4. The molecule has 0 amide bonds. The van der Waals surface area contributed by atoms with Gasteiger partial charge in [0.05, 0.1) is 13.7 Å². The van der Waals surface area contributed by atoms with Gasteiger partial charge in [0.2, 0.25) is 0 Å². The van der Waals surface area contributed by atoms with Gasteiger partial charge in [0.15, 0.2) is 5.56 Å². The van der Waals surface area contributed by atoms with Crippen LogP contribution in [-0.2, 0) is 11.2 Å². The van der Waals surface area contributed by atoms with Crippen LogP contribution < -0.4 is 10.3 Å². The molecule has 0 unspecified atom stereocenters. The quantitative estimate of drug-likeness (QED) is 0.738. The second kappa shape index (κ2) is 8.56. The molecule has 2 N–H and O–H groups in total. The molecule has 2 aromatic rings. The molecule has 0 atom stereocenters. The van der Waals surface area contributed by atoms with Crippen molar-refractivity contribution in [3.05, 3.63) is 45.4 Å². The summed E-state index contributed by atoms with van der Waals surface area (Å²) in [6.45, 7) is 5.68. The Morgan fingerprint density at radius 3 is 2.58 bits per heavy atom. The van der Waals surface area contributed by atoms with E-state index in [2.05, 4.69) is 4.98 Å². The second-order valence-corrected chi connectivity index (χ2v) is 6.01. The highest BCUT2D eigenvalue weighted by molar-refractivity contribution is 5.96. The number of ether oxygens (including phenoxy) is 2. The van der Waals surface area contributed by atoms with Gasteiger partial charge in [0, 0.05) is 16.8 Å². The maximum atomic E-state index is 12.4. The van der Waals surface area contributed by atoms with Crippen LogP contribution in [0.15, 0.2) is 23.0 Å². The van der Waals surface area contributed by atoms with Crippen LogP contribution in [0.2, 0.25) is 0 Å². The number of aromatic hydroxyl groups is 1. The lowest BCUT2D eigenvalue weighted by molar-refractivity contribution is 0.0521. The van der Waals surface area contributed by atoms with Gasteiger partial charge in [-0.1, -0.05) is 25.5 Å². The zero-order valence-electron chi connectivity index (χ0n) is 15.6. The number of hydrogen-bond acceptors (Lipinski definition) is 5. The van der Waals surface area contributed by atoms with Gasteiger partial charge in [-0.3, -0.25) is 4.79 Å². The summed E-state index contributed by atoms with van der Waals surface area (Å²) >= 11 is 0. The van der Waals surface area contributed by atoms with Crippen molar-refractivity contribution in [3.8, 4) is 22.6 Å². The van der Waals surface area contributed by atoms with E-state index in [4.69, 9.17) is 9.47 Å². The predicted octanol–water partition coefficient (Wildman–Crippen LogP) is 3.58. The summed E-state index contributed by atoms with van der Waals surface area (Å²) in [6.07, 6.45) is 2.32. The van der Waals surface area contributed by atoms with E-state index in [-0.39, 0.29) is 17.9 Å². The topological polar surface area (TPSA) is 88.6 Å². The minimum Gasteiger partial charge on any atom is -0.506 e. The van der Waals surface area contributed by atoms with Crippen molar-refractivity contribution in [2.45, 2.75) is 40.0 Å². The Morgan fingerprint density at radius 2 is 1.96 bits per heavy atom. The van der Waals surface area contributed by atoms with E-state index in [1.165, 1.54) is 0 Å². The van der Waals surface area contributed by atoms with Gasteiger partial charge in [0.1, 0.15) is 11.5 Å². The number of carbonyl (C=O) groups excluding carboxylic acids is 1. The summed E-state index contributed by atoms with van der Waals surface area (Å²) in [4.78, 5) is 27.4. The Kier molecular flexibility index (Phi) is 6.44. The van der Waals surface area contributed by atoms with Gasteiger partial charge < -0.3 is 19.6 Å². The number of methoxy groups -OCH3 is 1. The minimum atomic E-state index is -0.845. The molecule has 6 heteroatoms. The molecule has 6 nitrogen and oxygen atoms in total. The molecular weight excluding hydrogens is 334 g/mol. The number of carbonyl (C=O) groups is 1. The van der Waals surface area contributed by atoms with E-state index in [0.717, 1.165) is 18.4 Å². The molecule has 1 aromatic heterocycles. The van der Waals surface area contributed by atoms with E-state index >= 15 is 0 Å². The molecule has 0 aliphatic heterocycles. The normalized spacial score (nSPS) is 10.6. The van der Waals surface area contributed by atoms with E-state index in [0.29, 0.717) is 29.0 Å². The lowest BCUT2D eigenvalue weighted by Gasteiger charge is -2.18. The number of H-pyrrole nitrogens is 1. The van der Waals surface area contributed by atoms with Gasteiger partial charge in [0.25, 0.3) is 5.56 Å². The zero-order valence-corrected chi connectivity index (χ0v) is 15.6. The first-order chi connectivity index (χ1) is 12.5. The summed E-state index contributed by atoms with van der Waals surface area (Å²) in [7, 11) is 1.54. The standard InChI is InChI=1S/C20H25NO5/c1-5-7-10-13-16(15-12(3)9-8-11-14(15)25-4)18(22)17(19(23)21-13)20(24)26-6-2/h8-9,11H,5-7,10H2,1-4H3,(H2,21,22,23). The molecule has 0 aliphatic rings. The fraction of sp³-hybridized carbons (Fsp3) is 0.400. The van der Waals surface area contributed by atoms with Gasteiger partial charge in [-0.05, 0) is 38.3 Å². The van der Waals surface area contributed by atoms with Crippen molar-refractivity contribution in [1.29, 1.82) is 0 Å². The van der Waals surface area contributed by atoms with Crippen LogP contribution in [0.1, 0.15) is 48.3 Å². The number of aromatic nitrogens is 1. The van der Waals surface area contributed by atoms with Crippen LogP contribution in [-0.4, -0.2) is 29.8 Å². The van der Waals surface area contributed by atoms with Crippen LogP contribution in [0.5, 0.6) is 11.5 Å². The van der Waals surface area contributed by atoms with E-state index < -0.39 is 11.5 Å². The number of pyridine rings is 1. The molecular formula is C20H25NO5. The maximum Gasteiger partial charge on any atom is 0.347 e. The highest BCUT2D eigenvalue weighted by atomic mass is 16.5. The van der Waals surface area contributed by atoms with Gasteiger partial charge in [-0.2, -0.15) is 0 Å². The first-order valence-corrected chi connectivity index (χ1v) is 8.75. The van der Waals surface area contributed by atoms with Crippen molar-refractivity contribution < 1.29 is 19.4 Å². The van der Waals surface area contributed by atoms with E-state index in [1.807, 2.05) is 26.0 Å². The third-order valence-electron chi connectivity index (χ3n) is 4.23. The molecule has 0 radical (unpaired) electrons. The Bertz CT molecular complexity index is 854. The smallest absolute Gasteiger partial charge is 0.347 e. The lowest BCUT2D eigenvalue weighted by atomic mass is 9.93. The molecule has 1 aromatic carbocycles. The van der Waals surface area contributed by atoms with Crippen molar-refractivity contribution in [1.82, 2.24) is 4.98 Å². The molecule has 0 fully saturated rings. The second-order valence-electron chi connectivity index (χ2n) is 6.01. The highest BCUT2D eigenvalue weighted by Gasteiger charge is 2.26. The molecule has 0 saturated heterocycles. The number of aryl methyl sites for hydroxylation is 2. The van der Waals surface area contributed by atoms with Gasteiger partial charge in [-0.25, -0.2) is 4.79 Å². The Morgan fingerprint density at radius 1 is 1.23 bits per heavy atom. The Balaban J connectivity index is 2.83. The average Bonchev–Trinajstić information content (AvgIpc) is 2.60. The predicted molar refractivity (Wildman–Crippen MR) is 100 cm³/mol. The van der Waals surface area contributed by atoms with E-state index in [1.54, 1.807) is 20.1 Å². The molecule has 1 heterocycles. The van der Waals surface area contributed by atoms with Crippen molar-refractivity contribution >= 4 is 5.97 Å². The fourth-order valence-corrected chi connectivity index (χ4v) is 2.97. The zero-order chi connectivity index (χ0) is 19.3. The molecule has 0 saturated carbocycles. The number of unbranched alkanes of at least 4 members (excludes halogenated alkanes) is 1. The SMILES string of the molecule is CCCCc1[nH]c(=O)c(C(=O)OCC)c(O)c1-c1c(C)cccc1OC. The number of rotatable bonds is 7. The monoisotopic (exact) mass is 359 g/mol. The third-order valence-corrected chi connectivity index (χ3v) is 4.23. The molecule has 140 valence electrons. The average molecular weight is 359 g/mol. The summed E-state index contributed by atoms with van der Waals surface area (Å²) in [5.74, 6) is -0.659. The van der Waals surface area contributed by atoms with Crippen molar-refractivity contribution in [2.75, 3.05) is 13.7 Å². The Hall–Kier alpha value is -2.76. The summed E-state index contributed by atoms with van der Waals surface area (Å²) in [5.41, 5.74) is 1.47. The number of benzene rings is 1. The van der Waals surface area contributed by atoms with Crippen molar-refractivity contribution in [3.63, 3.8) is 0 Å². The van der Waals surface area contributed by atoms with Gasteiger partial charge >= 0.3 is 5.97 Å². The van der Waals surface area contributed by atoms with Crippen molar-refractivity contribution in [2.24, 2.45) is 0 Å². The number of aromatic amines is 1. The van der Waals surface area contributed by atoms with Gasteiger partial charge in [-0.15, -0.1) is 0 Å². The molecule has 0 bridgehead atoms. The van der Waals surface area contributed by atoms with Crippen LogP contribution >= 0.6 is 0 Å². The van der Waals surface area contributed by atoms with Crippen LogP contribution in [0, 0.1) is 6.92 Å². The minimum absolute atomic E-state index is 0.109. The Labute approximate surface area is 152 Å². The van der Waals surface area contributed by atoms with Crippen LogP contribution in [0.25, 0.3) is 11.1 Å². The number of esters is 1. The summed E-state index contributed by atoms with van der Waals surface area (Å²) in [5, 5.41) is 10.9. The lowest BCUT2D eigenvalue weighted by Crippen LogP contribution is -2.22. The largest absolute Gasteiger partial charge is 0.506 e. The molecule has 0 spiro atoms.